The number of nitrogens with zero attached hydrogens (tertiary/aromatic N) is 4. The van der Waals surface area contributed by atoms with Crippen LogP contribution in [-0.2, 0) is 9.53 Å². The molecule has 1 aliphatic rings. The molecule has 0 saturated heterocycles. The molecule has 2 atom stereocenters. The smallest absolute Gasteiger partial charge is 0.407 e. The normalized spacial score (nSPS) is 15.4. The van der Waals surface area contributed by atoms with E-state index in [1.54, 1.807) is 6.92 Å². The SMILES string of the molecule is C[C@](CN=[N+]=[N-])(C[N+](C)(C)C)[C@H](NC(=O)OCC1c2ccccc2-c2ccccc21)C(=O)O. The molecule has 0 spiro atoms. The van der Waals surface area contributed by atoms with E-state index < -0.39 is 23.5 Å². The number of rotatable bonds is 9. The first-order valence-electron chi connectivity index (χ1n) is 10.7. The molecule has 0 heterocycles. The number of hydrogen-bond donors (Lipinski definition) is 2. The Morgan fingerprint density at radius 2 is 1.70 bits per heavy atom. The van der Waals surface area contributed by atoms with Crippen LogP contribution >= 0.6 is 0 Å². The van der Waals surface area contributed by atoms with Crippen LogP contribution in [0.5, 0.6) is 0 Å². The Labute approximate surface area is 193 Å². The zero-order valence-corrected chi connectivity index (χ0v) is 19.4. The van der Waals surface area contributed by atoms with Gasteiger partial charge in [-0.2, -0.15) is 0 Å². The van der Waals surface area contributed by atoms with E-state index in [9.17, 15) is 14.7 Å². The van der Waals surface area contributed by atoms with E-state index in [0.29, 0.717) is 11.0 Å². The van der Waals surface area contributed by atoms with Crippen LogP contribution in [0.15, 0.2) is 53.6 Å². The van der Waals surface area contributed by atoms with Crippen LogP contribution in [0.4, 0.5) is 4.79 Å². The molecule has 2 aromatic carbocycles. The third-order valence-electron chi connectivity index (χ3n) is 5.88. The van der Waals surface area contributed by atoms with E-state index in [0.717, 1.165) is 22.3 Å². The van der Waals surface area contributed by atoms with Crippen LogP contribution in [0, 0.1) is 5.41 Å². The van der Waals surface area contributed by atoms with Gasteiger partial charge in [0.1, 0.15) is 12.6 Å². The molecular weight excluding hydrogens is 422 g/mol. The number of fused-ring (bicyclic) bond motifs is 3. The van der Waals surface area contributed by atoms with Gasteiger partial charge in [-0.15, -0.1) is 0 Å². The van der Waals surface area contributed by atoms with Gasteiger partial charge in [0, 0.05) is 17.4 Å². The third-order valence-corrected chi connectivity index (χ3v) is 5.88. The van der Waals surface area contributed by atoms with Crippen molar-refractivity contribution in [2.45, 2.75) is 18.9 Å². The highest BCUT2D eigenvalue weighted by atomic mass is 16.5. The van der Waals surface area contributed by atoms with Crippen molar-refractivity contribution >= 4 is 12.1 Å². The predicted octanol–water partition coefficient (Wildman–Crippen LogP) is 4.00. The lowest BCUT2D eigenvalue weighted by molar-refractivity contribution is -0.877. The summed E-state index contributed by atoms with van der Waals surface area (Å²) < 4.78 is 5.95. The van der Waals surface area contributed by atoms with E-state index in [1.807, 2.05) is 69.7 Å². The van der Waals surface area contributed by atoms with Gasteiger partial charge < -0.3 is 19.6 Å². The molecule has 9 nitrogen and oxygen atoms in total. The van der Waals surface area contributed by atoms with Crippen LogP contribution in [-0.4, -0.2) is 68.5 Å². The lowest BCUT2D eigenvalue weighted by Gasteiger charge is -2.39. The second kappa shape index (κ2) is 9.52. The molecule has 2 aromatic rings. The highest BCUT2D eigenvalue weighted by Crippen LogP contribution is 2.44. The summed E-state index contributed by atoms with van der Waals surface area (Å²) in [5, 5.41) is 16.0. The maximum absolute atomic E-state index is 12.7. The molecule has 1 amide bonds. The average Bonchev–Trinajstić information content (AvgIpc) is 3.07. The topological polar surface area (TPSA) is 124 Å². The highest BCUT2D eigenvalue weighted by Gasteiger charge is 2.44. The number of azide groups is 1. The Morgan fingerprint density at radius 3 is 2.18 bits per heavy atom. The van der Waals surface area contributed by atoms with Gasteiger partial charge in [-0.3, -0.25) is 0 Å². The number of hydrogen-bond acceptors (Lipinski definition) is 4. The Balaban J connectivity index is 1.77. The molecule has 0 aliphatic heterocycles. The summed E-state index contributed by atoms with van der Waals surface area (Å²) in [4.78, 5) is 27.6. The van der Waals surface area contributed by atoms with Crippen molar-refractivity contribution in [3.8, 4) is 11.1 Å². The van der Waals surface area contributed by atoms with Gasteiger partial charge in [-0.25, -0.2) is 9.59 Å². The Morgan fingerprint density at radius 1 is 1.15 bits per heavy atom. The first-order chi connectivity index (χ1) is 15.6. The summed E-state index contributed by atoms with van der Waals surface area (Å²) in [5.74, 6) is -1.35. The Bertz CT molecular complexity index is 1040. The van der Waals surface area contributed by atoms with Gasteiger partial charge in [-0.05, 0) is 27.8 Å². The molecule has 3 rings (SSSR count). The van der Waals surface area contributed by atoms with Crippen molar-refractivity contribution in [1.82, 2.24) is 5.32 Å². The van der Waals surface area contributed by atoms with Crippen molar-refractivity contribution in [3.05, 3.63) is 70.1 Å². The monoisotopic (exact) mass is 452 g/mol. The lowest BCUT2D eigenvalue weighted by Crippen LogP contribution is -2.59. The first-order valence-corrected chi connectivity index (χ1v) is 10.7. The van der Waals surface area contributed by atoms with E-state index in [1.165, 1.54) is 0 Å². The minimum atomic E-state index is -1.30. The molecular formula is C24H30N5O4+. The molecule has 0 bridgehead atoms. The number of aliphatic carboxylic acids is 1. The van der Waals surface area contributed by atoms with Gasteiger partial charge in [0.2, 0.25) is 0 Å². The second-order valence-corrected chi connectivity index (χ2v) is 9.73. The van der Waals surface area contributed by atoms with Crippen LogP contribution in [0.1, 0.15) is 24.0 Å². The minimum absolute atomic E-state index is 0.0780. The number of ether oxygens (including phenoxy) is 1. The Kier molecular flexibility index (Phi) is 6.95. The van der Waals surface area contributed by atoms with Gasteiger partial charge >= 0.3 is 12.1 Å². The van der Waals surface area contributed by atoms with Gasteiger partial charge in [0.15, 0.2) is 0 Å². The van der Waals surface area contributed by atoms with Crippen LogP contribution in [0.25, 0.3) is 21.6 Å². The predicted molar refractivity (Wildman–Crippen MR) is 125 cm³/mol. The van der Waals surface area contributed by atoms with E-state index >= 15 is 0 Å². The van der Waals surface area contributed by atoms with Gasteiger partial charge in [0.05, 0.1) is 33.1 Å². The number of quaternary nitrogens is 1. The van der Waals surface area contributed by atoms with Crippen LogP contribution in [0.3, 0.4) is 0 Å². The molecule has 0 unspecified atom stereocenters. The third kappa shape index (κ3) is 5.45. The molecule has 0 fully saturated rings. The molecule has 0 saturated carbocycles. The maximum Gasteiger partial charge on any atom is 0.407 e. The molecule has 33 heavy (non-hydrogen) atoms. The number of nitrogens with one attached hydrogen (secondary N) is 1. The first kappa shape index (κ1) is 24.1. The number of carbonyl (C=O) groups excluding carboxylic acids is 1. The summed E-state index contributed by atoms with van der Waals surface area (Å²) in [6.45, 7) is 2.04. The molecule has 1 aliphatic carbocycles. The molecule has 9 heteroatoms. The zero-order chi connectivity index (χ0) is 24.2. The number of carbonyl (C=O) groups is 2. The fourth-order valence-corrected chi connectivity index (χ4v) is 4.80. The molecule has 0 aromatic heterocycles. The van der Waals surface area contributed by atoms with Crippen molar-refractivity contribution in [2.75, 3.05) is 40.8 Å². The number of amides is 1. The number of carboxylic acids is 1. The summed E-state index contributed by atoms with van der Waals surface area (Å²) in [6, 6.07) is 14.7. The standard InChI is InChI=1S/C24H29N5O4/c1-24(14-26-28-25,15-29(2,3)4)21(22(30)31)27-23(32)33-13-20-18-11-7-5-9-16(18)17-10-6-8-12-19(17)20/h5-12,20-21H,13-15H2,1-4H3,(H-,27,30,31,32)/p+1/t21-,24+/m1/s1. The van der Waals surface area contributed by atoms with Crippen LogP contribution < -0.4 is 5.32 Å². The van der Waals surface area contributed by atoms with Crippen molar-refractivity contribution in [3.63, 3.8) is 0 Å². The highest BCUT2D eigenvalue weighted by molar-refractivity contribution is 5.81. The van der Waals surface area contributed by atoms with Crippen molar-refractivity contribution in [2.24, 2.45) is 10.5 Å². The number of benzene rings is 2. The average molecular weight is 453 g/mol. The molecule has 0 radical (unpaired) electrons. The summed E-state index contributed by atoms with van der Waals surface area (Å²) >= 11 is 0. The lowest BCUT2D eigenvalue weighted by atomic mass is 9.81. The number of carboxylic acid groups (broad SMARTS) is 1. The fraction of sp³-hybridized carbons (Fsp3) is 0.417. The molecule has 2 N–H and O–H groups in total. The summed E-state index contributed by atoms with van der Waals surface area (Å²) in [5.41, 5.74) is 12.1. The van der Waals surface area contributed by atoms with E-state index in [4.69, 9.17) is 10.3 Å². The number of alkyl carbamates (subject to hydrolysis) is 1. The second-order valence-electron chi connectivity index (χ2n) is 9.73. The van der Waals surface area contributed by atoms with Crippen molar-refractivity contribution in [1.29, 1.82) is 0 Å². The molecule has 174 valence electrons. The van der Waals surface area contributed by atoms with E-state index in [2.05, 4.69) is 15.3 Å². The summed E-state index contributed by atoms with van der Waals surface area (Å²) in [6.07, 6.45) is -0.821. The Hall–Kier alpha value is -3.55. The van der Waals surface area contributed by atoms with E-state index in [-0.39, 0.29) is 19.1 Å². The quantitative estimate of drug-likeness (QED) is 0.258. The maximum atomic E-state index is 12.7. The van der Waals surface area contributed by atoms with Crippen LogP contribution in [0.2, 0.25) is 0 Å². The fourth-order valence-electron chi connectivity index (χ4n) is 4.80. The largest absolute Gasteiger partial charge is 0.480 e. The van der Waals surface area contributed by atoms with Crippen molar-refractivity contribution < 1.29 is 23.9 Å². The zero-order valence-electron chi connectivity index (χ0n) is 19.4. The summed E-state index contributed by atoms with van der Waals surface area (Å²) in [7, 11) is 5.71. The minimum Gasteiger partial charge on any atom is -0.480 e. The van der Waals surface area contributed by atoms with Gasteiger partial charge in [-0.1, -0.05) is 60.6 Å². The van der Waals surface area contributed by atoms with Gasteiger partial charge in [0.25, 0.3) is 0 Å².